The highest BCUT2D eigenvalue weighted by atomic mass is 16.5. The molecule has 8 nitrogen and oxygen atoms in total. The molecule has 1 aliphatic rings. The van der Waals surface area contributed by atoms with Crippen molar-refractivity contribution in [2.45, 2.75) is 19.9 Å². The molecule has 3 heterocycles. The first kappa shape index (κ1) is 19.4. The average Bonchev–Trinajstić information content (AvgIpc) is 3.14. The lowest BCUT2D eigenvalue weighted by Gasteiger charge is -2.34. The van der Waals surface area contributed by atoms with Gasteiger partial charge in [-0.15, -0.1) is 0 Å². The van der Waals surface area contributed by atoms with Gasteiger partial charge >= 0.3 is 0 Å². The smallest absolute Gasteiger partial charge is 0.229 e. The molecule has 1 aliphatic heterocycles. The summed E-state index contributed by atoms with van der Waals surface area (Å²) in [5.74, 6) is 2.43. The Morgan fingerprint density at radius 1 is 1.10 bits per heavy atom. The molecule has 8 heteroatoms. The van der Waals surface area contributed by atoms with Crippen LogP contribution in [0.25, 0.3) is 11.0 Å². The number of para-hydroxylation sites is 1. The topological polar surface area (TPSA) is 71.3 Å². The van der Waals surface area contributed by atoms with Crippen molar-refractivity contribution in [2.75, 3.05) is 50.1 Å². The number of nitrogens with zero attached hydrogens (tertiary/aromatic N) is 6. The van der Waals surface area contributed by atoms with E-state index in [2.05, 4.69) is 33.2 Å². The SMILES string of the molecule is CCCN1CCN(c2nc(NCc3ccccc3OC)c3cnn(C)c3n2)CC1. The van der Waals surface area contributed by atoms with Gasteiger partial charge in [0.05, 0.1) is 18.7 Å². The summed E-state index contributed by atoms with van der Waals surface area (Å²) in [6.45, 7) is 7.97. The van der Waals surface area contributed by atoms with Crippen molar-refractivity contribution in [3.05, 3.63) is 36.0 Å². The summed E-state index contributed by atoms with van der Waals surface area (Å²) in [6, 6.07) is 8.02. The third kappa shape index (κ3) is 4.12. The predicted molar refractivity (Wildman–Crippen MR) is 116 cm³/mol. The molecule has 29 heavy (non-hydrogen) atoms. The Kier molecular flexibility index (Phi) is 5.80. The Morgan fingerprint density at radius 2 is 1.90 bits per heavy atom. The van der Waals surface area contributed by atoms with Crippen LogP contribution in [0.2, 0.25) is 0 Å². The lowest BCUT2D eigenvalue weighted by atomic mass is 10.2. The van der Waals surface area contributed by atoms with Gasteiger partial charge < -0.3 is 15.0 Å². The molecular weight excluding hydrogens is 366 g/mol. The highest BCUT2D eigenvalue weighted by molar-refractivity contribution is 5.87. The average molecular weight is 396 g/mol. The predicted octanol–water partition coefficient (Wildman–Crippen LogP) is 2.52. The van der Waals surface area contributed by atoms with Gasteiger partial charge in [0.25, 0.3) is 0 Å². The number of hydrogen-bond acceptors (Lipinski definition) is 7. The molecule has 4 rings (SSSR count). The molecule has 0 atom stereocenters. The monoisotopic (exact) mass is 395 g/mol. The van der Waals surface area contributed by atoms with Crippen molar-refractivity contribution in [3.63, 3.8) is 0 Å². The molecule has 154 valence electrons. The lowest BCUT2D eigenvalue weighted by Crippen LogP contribution is -2.47. The fourth-order valence-corrected chi connectivity index (χ4v) is 3.80. The van der Waals surface area contributed by atoms with Gasteiger partial charge in [0.1, 0.15) is 11.6 Å². The van der Waals surface area contributed by atoms with E-state index in [1.54, 1.807) is 7.11 Å². The summed E-state index contributed by atoms with van der Waals surface area (Å²) in [5, 5.41) is 8.80. The lowest BCUT2D eigenvalue weighted by molar-refractivity contribution is 0.257. The second-order valence-corrected chi connectivity index (χ2v) is 7.37. The van der Waals surface area contributed by atoms with E-state index >= 15 is 0 Å². The molecule has 0 spiro atoms. The van der Waals surface area contributed by atoms with Crippen molar-refractivity contribution in [3.8, 4) is 5.75 Å². The summed E-state index contributed by atoms with van der Waals surface area (Å²) in [5.41, 5.74) is 1.92. The van der Waals surface area contributed by atoms with Crippen LogP contribution in [0.5, 0.6) is 5.75 Å². The molecule has 1 saturated heterocycles. The Morgan fingerprint density at radius 3 is 2.66 bits per heavy atom. The second-order valence-electron chi connectivity index (χ2n) is 7.37. The fraction of sp³-hybridized carbons (Fsp3) is 0.476. The normalized spacial score (nSPS) is 15.1. The van der Waals surface area contributed by atoms with Crippen molar-refractivity contribution in [1.29, 1.82) is 0 Å². The number of benzene rings is 1. The minimum atomic E-state index is 0.620. The first-order valence-corrected chi connectivity index (χ1v) is 10.2. The van der Waals surface area contributed by atoms with Gasteiger partial charge in [0.2, 0.25) is 5.95 Å². The van der Waals surface area contributed by atoms with Crippen LogP contribution < -0.4 is 15.0 Å². The Bertz CT molecular complexity index is 963. The standard InChI is InChI=1S/C21H29N7O/c1-4-9-27-10-12-28(13-11-27)21-24-19(17-15-23-26(2)20(17)25-21)22-14-16-7-5-6-8-18(16)29-3/h5-8,15H,4,9-14H2,1-3H3,(H,22,24,25). The first-order valence-electron chi connectivity index (χ1n) is 10.2. The molecule has 2 aromatic heterocycles. The summed E-state index contributed by atoms with van der Waals surface area (Å²) in [7, 11) is 3.61. The van der Waals surface area contributed by atoms with Gasteiger partial charge in [-0.3, -0.25) is 9.58 Å². The van der Waals surface area contributed by atoms with E-state index in [1.165, 1.54) is 6.42 Å². The van der Waals surface area contributed by atoms with Crippen LogP contribution >= 0.6 is 0 Å². The van der Waals surface area contributed by atoms with Crippen molar-refractivity contribution < 1.29 is 4.74 Å². The van der Waals surface area contributed by atoms with Crippen LogP contribution in [0, 0.1) is 0 Å². The number of rotatable bonds is 7. The molecule has 1 N–H and O–H groups in total. The summed E-state index contributed by atoms with van der Waals surface area (Å²) in [6.07, 6.45) is 3.01. The largest absolute Gasteiger partial charge is 0.496 e. The highest BCUT2D eigenvalue weighted by Crippen LogP contribution is 2.25. The van der Waals surface area contributed by atoms with Gasteiger partial charge in [-0.1, -0.05) is 25.1 Å². The number of hydrogen-bond donors (Lipinski definition) is 1. The van der Waals surface area contributed by atoms with E-state index in [1.807, 2.05) is 36.1 Å². The molecule has 0 unspecified atom stereocenters. The molecule has 1 aromatic carbocycles. The molecule has 0 amide bonds. The molecule has 1 fully saturated rings. The Balaban J connectivity index is 1.58. The third-order valence-electron chi connectivity index (χ3n) is 5.41. The van der Waals surface area contributed by atoms with Gasteiger partial charge in [0.15, 0.2) is 5.65 Å². The van der Waals surface area contributed by atoms with Crippen LogP contribution in [0.3, 0.4) is 0 Å². The van der Waals surface area contributed by atoms with Crippen LogP contribution in [-0.2, 0) is 13.6 Å². The molecule has 0 aliphatic carbocycles. The number of aryl methyl sites for hydroxylation is 1. The van der Waals surface area contributed by atoms with Crippen LogP contribution in [0.1, 0.15) is 18.9 Å². The van der Waals surface area contributed by atoms with Gasteiger partial charge in [-0.25, -0.2) is 0 Å². The number of aromatic nitrogens is 4. The zero-order chi connectivity index (χ0) is 20.2. The molecular formula is C21H29N7O. The van der Waals surface area contributed by atoms with E-state index in [4.69, 9.17) is 14.7 Å². The summed E-state index contributed by atoms with van der Waals surface area (Å²) < 4.78 is 7.28. The molecule has 0 saturated carbocycles. The number of piperazine rings is 1. The maximum absolute atomic E-state index is 5.47. The van der Waals surface area contributed by atoms with E-state index < -0.39 is 0 Å². The van der Waals surface area contributed by atoms with Gasteiger partial charge in [-0.05, 0) is 19.0 Å². The molecule has 0 radical (unpaired) electrons. The minimum absolute atomic E-state index is 0.620. The van der Waals surface area contributed by atoms with Crippen molar-refractivity contribution in [1.82, 2.24) is 24.6 Å². The van der Waals surface area contributed by atoms with Gasteiger partial charge in [0, 0.05) is 45.3 Å². The third-order valence-corrected chi connectivity index (χ3v) is 5.41. The fourth-order valence-electron chi connectivity index (χ4n) is 3.80. The summed E-state index contributed by atoms with van der Waals surface area (Å²) in [4.78, 5) is 14.5. The maximum atomic E-state index is 5.47. The quantitative estimate of drug-likeness (QED) is 0.659. The zero-order valence-corrected chi connectivity index (χ0v) is 17.4. The first-order chi connectivity index (χ1) is 14.2. The number of nitrogens with one attached hydrogen (secondary N) is 1. The highest BCUT2D eigenvalue weighted by Gasteiger charge is 2.21. The van der Waals surface area contributed by atoms with Crippen LogP contribution in [0.15, 0.2) is 30.5 Å². The van der Waals surface area contributed by atoms with E-state index in [0.29, 0.717) is 6.54 Å². The molecule has 3 aromatic rings. The maximum Gasteiger partial charge on any atom is 0.229 e. The second kappa shape index (κ2) is 8.65. The van der Waals surface area contributed by atoms with Gasteiger partial charge in [-0.2, -0.15) is 15.1 Å². The van der Waals surface area contributed by atoms with E-state index in [-0.39, 0.29) is 0 Å². The number of ether oxygens (including phenoxy) is 1. The molecule has 0 bridgehead atoms. The van der Waals surface area contributed by atoms with E-state index in [9.17, 15) is 0 Å². The number of fused-ring (bicyclic) bond motifs is 1. The number of methoxy groups -OCH3 is 1. The zero-order valence-electron chi connectivity index (χ0n) is 17.4. The number of anilines is 2. The Hall–Kier alpha value is -2.87. The van der Waals surface area contributed by atoms with Crippen LogP contribution in [0.4, 0.5) is 11.8 Å². The summed E-state index contributed by atoms with van der Waals surface area (Å²) >= 11 is 0. The van der Waals surface area contributed by atoms with Crippen molar-refractivity contribution >= 4 is 22.8 Å². The van der Waals surface area contributed by atoms with Crippen LogP contribution in [-0.4, -0.2) is 64.5 Å². The Labute approximate surface area is 171 Å². The minimum Gasteiger partial charge on any atom is -0.496 e. The van der Waals surface area contributed by atoms with Crippen molar-refractivity contribution in [2.24, 2.45) is 7.05 Å². The van der Waals surface area contributed by atoms with E-state index in [0.717, 1.165) is 66.8 Å².